The third-order valence-electron chi connectivity index (χ3n) is 7.41. The summed E-state index contributed by atoms with van der Waals surface area (Å²) in [6.07, 6.45) is 17.4. The number of unbranched alkanes of at least 4 members (excludes halogenated alkanes) is 9. The first-order valence-electron chi connectivity index (χ1n) is 14.2. The zero-order valence-electron chi connectivity index (χ0n) is 23.2. The highest BCUT2D eigenvalue weighted by Crippen LogP contribution is 2.45. The lowest BCUT2D eigenvalue weighted by atomic mass is 9.62. The van der Waals surface area contributed by atoms with E-state index in [2.05, 4.69) is 50.5 Å². The first kappa shape index (κ1) is 30.8. The minimum absolute atomic E-state index is 0.0210. The van der Waals surface area contributed by atoms with Crippen molar-refractivity contribution in [2.75, 3.05) is 6.54 Å². The molecule has 0 saturated heterocycles. The van der Waals surface area contributed by atoms with Crippen LogP contribution in [-0.4, -0.2) is 28.0 Å². The van der Waals surface area contributed by atoms with Gasteiger partial charge in [0.1, 0.15) is 5.75 Å². The summed E-state index contributed by atoms with van der Waals surface area (Å²) in [7, 11) is 0. The molecule has 4 nitrogen and oxygen atoms in total. The number of benzene rings is 1. The molecule has 0 spiro atoms. The van der Waals surface area contributed by atoms with E-state index in [-0.39, 0.29) is 22.0 Å². The van der Waals surface area contributed by atoms with Crippen LogP contribution < -0.4 is 15.4 Å². The Hall–Kier alpha value is -1.40. The summed E-state index contributed by atoms with van der Waals surface area (Å²) < 4.78 is 6.11. The molecule has 1 aromatic rings. The fourth-order valence-corrected chi connectivity index (χ4v) is 6.41. The SMILES string of the molecule is CCCCCCCCCCCCc1ccccc1OC(=S)NCC1(C)CC(NC(O)=S)CC(C)(C)C1. The minimum atomic E-state index is -0.120. The van der Waals surface area contributed by atoms with E-state index >= 15 is 0 Å². The second-order valence-corrected chi connectivity index (χ2v) is 12.7. The van der Waals surface area contributed by atoms with E-state index in [1.165, 1.54) is 69.8 Å². The molecule has 0 amide bonds. The molecular weight excluding hydrogens is 484 g/mol. The highest BCUT2D eigenvalue weighted by molar-refractivity contribution is 7.80. The van der Waals surface area contributed by atoms with Crippen LogP contribution in [0.3, 0.4) is 0 Å². The third kappa shape index (κ3) is 12.2. The van der Waals surface area contributed by atoms with Crippen LogP contribution in [0, 0.1) is 10.8 Å². The number of aliphatic hydroxyl groups excluding tert-OH is 1. The average molecular weight is 535 g/mol. The average Bonchev–Trinajstić information content (AvgIpc) is 2.78. The number of ether oxygens (including phenoxy) is 1. The van der Waals surface area contributed by atoms with E-state index in [0.717, 1.165) is 38.0 Å². The van der Waals surface area contributed by atoms with Gasteiger partial charge in [0.15, 0.2) is 0 Å². The second kappa shape index (κ2) is 15.8. The van der Waals surface area contributed by atoms with Crippen LogP contribution in [0.2, 0.25) is 0 Å². The Labute approximate surface area is 231 Å². The largest absolute Gasteiger partial charge is 0.487 e. The molecule has 204 valence electrons. The van der Waals surface area contributed by atoms with Crippen LogP contribution >= 0.6 is 24.4 Å². The van der Waals surface area contributed by atoms with Gasteiger partial charge in [-0.15, -0.1) is 0 Å². The van der Waals surface area contributed by atoms with Crippen molar-refractivity contribution in [3.05, 3.63) is 29.8 Å². The van der Waals surface area contributed by atoms with Crippen molar-refractivity contribution in [2.45, 2.75) is 124 Å². The van der Waals surface area contributed by atoms with Crippen molar-refractivity contribution in [3.63, 3.8) is 0 Å². The Bertz CT molecular complexity index is 814. The molecule has 1 aliphatic carbocycles. The maximum atomic E-state index is 9.57. The van der Waals surface area contributed by atoms with Crippen molar-refractivity contribution in [1.82, 2.24) is 10.6 Å². The topological polar surface area (TPSA) is 53.5 Å². The first-order valence-corrected chi connectivity index (χ1v) is 15.0. The summed E-state index contributed by atoms with van der Waals surface area (Å²) in [6.45, 7) is 9.83. The van der Waals surface area contributed by atoms with Crippen molar-refractivity contribution in [3.8, 4) is 5.75 Å². The minimum Gasteiger partial charge on any atom is -0.487 e. The summed E-state index contributed by atoms with van der Waals surface area (Å²) >= 11 is 10.5. The van der Waals surface area contributed by atoms with Crippen molar-refractivity contribution >= 4 is 34.8 Å². The number of thiocarbonyl (C=S) groups is 2. The smallest absolute Gasteiger partial charge is 0.262 e. The van der Waals surface area contributed by atoms with Gasteiger partial charge in [0.25, 0.3) is 10.3 Å². The quantitative estimate of drug-likeness (QED) is 0.155. The molecule has 0 aliphatic heterocycles. The second-order valence-electron chi connectivity index (χ2n) is 12.0. The van der Waals surface area contributed by atoms with Gasteiger partial charge in [-0.1, -0.05) is 104 Å². The number of rotatable bonds is 15. The van der Waals surface area contributed by atoms with E-state index in [0.29, 0.717) is 5.17 Å². The van der Waals surface area contributed by atoms with Gasteiger partial charge in [0.2, 0.25) is 0 Å². The predicted molar refractivity (Wildman–Crippen MR) is 161 cm³/mol. The van der Waals surface area contributed by atoms with Gasteiger partial charge in [-0.2, -0.15) is 0 Å². The molecule has 1 saturated carbocycles. The van der Waals surface area contributed by atoms with Crippen LogP contribution in [0.15, 0.2) is 24.3 Å². The van der Waals surface area contributed by atoms with Crippen LogP contribution in [0.4, 0.5) is 0 Å². The molecule has 36 heavy (non-hydrogen) atoms. The van der Waals surface area contributed by atoms with E-state index in [1.807, 2.05) is 12.1 Å². The molecule has 0 bridgehead atoms. The summed E-state index contributed by atoms with van der Waals surface area (Å²) in [5.74, 6) is 0.866. The van der Waals surface area contributed by atoms with Crippen LogP contribution in [-0.2, 0) is 6.42 Å². The van der Waals surface area contributed by atoms with Crippen molar-refractivity contribution in [1.29, 1.82) is 0 Å². The van der Waals surface area contributed by atoms with Gasteiger partial charge in [-0.05, 0) is 79.0 Å². The van der Waals surface area contributed by atoms with E-state index in [9.17, 15) is 5.11 Å². The highest BCUT2D eigenvalue weighted by atomic mass is 32.1. The molecule has 2 rings (SSSR count). The van der Waals surface area contributed by atoms with Gasteiger partial charge < -0.3 is 20.5 Å². The summed E-state index contributed by atoms with van der Waals surface area (Å²) in [5.41, 5.74) is 1.40. The van der Waals surface area contributed by atoms with E-state index < -0.39 is 0 Å². The Balaban J connectivity index is 1.75. The number of para-hydroxylation sites is 1. The third-order valence-corrected chi connectivity index (χ3v) is 7.75. The monoisotopic (exact) mass is 534 g/mol. The van der Waals surface area contributed by atoms with E-state index in [1.54, 1.807) is 0 Å². The fourth-order valence-electron chi connectivity index (χ4n) is 6.08. The van der Waals surface area contributed by atoms with Gasteiger partial charge >= 0.3 is 0 Å². The van der Waals surface area contributed by atoms with Gasteiger partial charge in [-0.3, -0.25) is 0 Å². The molecule has 2 unspecified atom stereocenters. The van der Waals surface area contributed by atoms with Gasteiger partial charge in [-0.25, -0.2) is 0 Å². The zero-order valence-corrected chi connectivity index (χ0v) is 24.8. The summed E-state index contributed by atoms with van der Waals surface area (Å²) in [6, 6.07) is 8.43. The van der Waals surface area contributed by atoms with E-state index in [4.69, 9.17) is 29.2 Å². The fraction of sp³-hybridized carbons (Fsp3) is 0.733. The molecular formula is C30H50N2O2S2. The van der Waals surface area contributed by atoms with Crippen molar-refractivity contribution in [2.24, 2.45) is 10.8 Å². The Kier molecular flexibility index (Phi) is 13.5. The van der Waals surface area contributed by atoms with Crippen molar-refractivity contribution < 1.29 is 9.84 Å². The predicted octanol–water partition coefficient (Wildman–Crippen LogP) is 8.42. The lowest BCUT2D eigenvalue weighted by Crippen LogP contribution is -2.50. The zero-order chi connectivity index (χ0) is 26.4. The van der Waals surface area contributed by atoms with Crippen LogP contribution in [0.25, 0.3) is 0 Å². The first-order chi connectivity index (χ1) is 17.1. The Morgan fingerprint density at radius 1 is 0.944 bits per heavy atom. The van der Waals surface area contributed by atoms with Crippen LogP contribution in [0.1, 0.15) is 117 Å². The number of hydrogen-bond acceptors (Lipinski definition) is 3. The van der Waals surface area contributed by atoms with Crippen LogP contribution in [0.5, 0.6) is 5.75 Å². The maximum Gasteiger partial charge on any atom is 0.262 e. The Morgan fingerprint density at radius 3 is 2.19 bits per heavy atom. The number of nitrogens with one attached hydrogen (secondary N) is 2. The molecule has 3 N–H and O–H groups in total. The normalized spacial score (nSPS) is 21.1. The molecule has 1 aromatic carbocycles. The standard InChI is InChI=1S/C30H50N2O2S2/c1-5-6-7-8-9-10-11-12-13-14-17-24-18-15-16-19-26(24)34-28(36)31-23-30(4)21-25(32-27(33)35)20-29(2,3)22-30/h15-16,18-19,25H,5-14,17,20-23H2,1-4H3,(H,31,36)(H2,32,33,35). The number of aryl methyl sites for hydroxylation is 1. The molecule has 0 aromatic heterocycles. The lowest BCUT2D eigenvalue weighted by molar-refractivity contribution is 0.0785. The molecule has 6 heteroatoms. The lowest BCUT2D eigenvalue weighted by Gasteiger charge is -2.47. The molecule has 2 atom stereocenters. The number of aliphatic hydroxyl groups is 1. The molecule has 1 fully saturated rings. The van der Waals surface area contributed by atoms with Gasteiger partial charge in [0.05, 0.1) is 0 Å². The molecule has 0 radical (unpaired) electrons. The highest BCUT2D eigenvalue weighted by Gasteiger charge is 2.41. The summed E-state index contributed by atoms with van der Waals surface area (Å²) in [4.78, 5) is 0. The Morgan fingerprint density at radius 2 is 1.56 bits per heavy atom. The number of hydrogen-bond donors (Lipinski definition) is 3. The maximum absolute atomic E-state index is 9.57. The molecule has 1 aliphatic rings. The summed E-state index contributed by atoms with van der Waals surface area (Å²) in [5, 5.41) is 16.3. The van der Waals surface area contributed by atoms with Gasteiger partial charge in [0, 0.05) is 12.6 Å². The molecule has 0 heterocycles.